The van der Waals surface area contributed by atoms with Gasteiger partial charge in [-0.25, -0.2) is 0 Å². The van der Waals surface area contributed by atoms with E-state index < -0.39 is 5.41 Å². The lowest BCUT2D eigenvalue weighted by molar-refractivity contribution is -0.202. The van der Waals surface area contributed by atoms with Gasteiger partial charge in [0.15, 0.2) is 0 Å². The third kappa shape index (κ3) is 2.69. The number of Topliss-reactive ketones (excluding diaryl/α,β-unsaturated/α-hetero) is 1. The van der Waals surface area contributed by atoms with Gasteiger partial charge in [-0.05, 0) is 26.7 Å². The lowest BCUT2D eigenvalue weighted by Crippen LogP contribution is -2.60. The van der Waals surface area contributed by atoms with Crippen LogP contribution in [0.4, 0.5) is 0 Å². The van der Waals surface area contributed by atoms with Crippen LogP contribution in [0.5, 0.6) is 0 Å². The molecule has 2 heterocycles. The zero-order valence-corrected chi connectivity index (χ0v) is 13.9. The number of carbonyl (C=O) groups excluding carboxylic acids is 2. The average Bonchev–Trinajstić information content (AvgIpc) is 3.26. The Kier molecular flexibility index (Phi) is 4.06. The zero-order valence-electron chi connectivity index (χ0n) is 13.9. The van der Waals surface area contributed by atoms with E-state index >= 15 is 0 Å². The maximum atomic E-state index is 13.0. The van der Waals surface area contributed by atoms with Crippen molar-refractivity contribution in [3.05, 3.63) is 0 Å². The van der Waals surface area contributed by atoms with Gasteiger partial charge in [-0.2, -0.15) is 0 Å². The number of hydrogen-bond donors (Lipinski definition) is 0. The Morgan fingerprint density at radius 1 is 1.18 bits per heavy atom. The van der Waals surface area contributed by atoms with E-state index in [1.165, 1.54) is 0 Å². The Hall–Kier alpha value is -0.940. The van der Waals surface area contributed by atoms with Crippen molar-refractivity contribution in [2.45, 2.75) is 70.7 Å². The molecule has 1 aliphatic carbocycles. The summed E-state index contributed by atoms with van der Waals surface area (Å²) >= 11 is 0. The first-order chi connectivity index (χ1) is 10.4. The molecule has 0 radical (unpaired) electrons. The van der Waals surface area contributed by atoms with Crippen LogP contribution in [0, 0.1) is 5.41 Å². The van der Waals surface area contributed by atoms with Crippen LogP contribution in [0.15, 0.2) is 0 Å². The standard InChI is InChI=1S/C17H27NO4/c1-4-14(19)17(5-6-17)15(20)18-10-13(3)22-16(11-18)7-8-21-12(2)9-16/h12-13H,4-11H2,1-3H3. The number of morpholine rings is 1. The van der Waals surface area contributed by atoms with Gasteiger partial charge in [-0.1, -0.05) is 6.92 Å². The normalized spacial score (nSPS) is 37.1. The summed E-state index contributed by atoms with van der Waals surface area (Å²) in [4.78, 5) is 27.0. The molecule has 0 N–H and O–H groups in total. The first-order valence-electron chi connectivity index (χ1n) is 8.53. The molecule has 0 aromatic rings. The second kappa shape index (κ2) is 5.60. The third-order valence-electron chi connectivity index (χ3n) is 5.33. The third-order valence-corrected chi connectivity index (χ3v) is 5.33. The van der Waals surface area contributed by atoms with Crippen molar-refractivity contribution in [1.29, 1.82) is 0 Å². The number of ketones is 1. The van der Waals surface area contributed by atoms with Crippen molar-refractivity contribution in [3.8, 4) is 0 Å². The number of carbonyl (C=O) groups is 2. The Morgan fingerprint density at radius 3 is 2.50 bits per heavy atom. The molecule has 3 unspecified atom stereocenters. The Morgan fingerprint density at radius 2 is 1.91 bits per heavy atom. The van der Waals surface area contributed by atoms with Crippen molar-refractivity contribution < 1.29 is 19.1 Å². The molecule has 0 aromatic heterocycles. The van der Waals surface area contributed by atoms with Gasteiger partial charge in [-0.15, -0.1) is 0 Å². The highest BCUT2D eigenvalue weighted by Crippen LogP contribution is 2.49. The Labute approximate surface area is 132 Å². The quantitative estimate of drug-likeness (QED) is 0.748. The average molecular weight is 309 g/mol. The number of amides is 1. The van der Waals surface area contributed by atoms with E-state index in [9.17, 15) is 9.59 Å². The molecule has 1 spiro atoms. The van der Waals surface area contributed by atoms with Crippen LogP contribution in [0.25, 0.3) is 0 Å². The molecule has 124 valence electrons. The molecule has 2 saturated heterocycles. The summed E-state index contributed by atoms with van der Waals surface area (Å²) in [5, 5.41) is 0. The minimum Gasteiger partial charge on any atom is -0.378 e. The molecular formula is C17H27NO4. The number of hydrogen-bond acceptors (Lipinski definition) is 4. The molecule has 5 heteroatoms. The molecule has 3 atom stereocenters. The molecule has 2 aliphatic heterocycles. The molecule has 3 aliphatic rings. The van der Waals surface area contributed by atoms with E-state index in [4.69, 9.17) is 9.47 Å². The smallest absolute Gasteiger partial charge is 0.236 e. The fourth-order valence-electron chi connectivity index (χ4n) is 4.14. The van der Waals surface area contributed by atoms with Gasteiger partial charge in [0, 0.05) is 39.0 Å². The van der Waals surface area contributed by atoms with Crippen LogP contribution in [0.2, 0.25) is 0 Å². The zero-order chi connectivity index (χ0) is 16.0. The summed E-state index contributed by atoms with van der Waals surface area (Å²) < 4.78 is 11.9. The topological polar surface area (TPSA) is 55.8 Å². The van der Waals surface area contributed by atoms with Crippen molar-refractivity contribution in [3.63, 3.8) is 0 Å². The molecule has 1 saturated carbocycles. The number of nitrogens with zero attached hydrogens (tertiary/aromatic N) is 1. The molecule has 3 rings (SSSR count). The first kappa shape index (κ1) is 15.9. The predicted octanol–water partition coefficient (Wildman–Crippen LogP) is 1.93. The van der Waals surface area contributed by atoms with E-state index in [-0.39, 0.29) is 29.5 Å². The summed E-state index contributed by atoms with van der Waals surface area (Å²) in [7, 11) is 0. The van der Waals surface area contributed by atoms with Crippen LogP contribution >= 0.6 is 0 Å². The highest BCUT2D eigenvalue weighted by atomic mass is 16.5. The fraction of sp³-hybridized carbons (Fsp3) is 0.882. The van der Waals surface area contributed by atoms with Crippen LogP contribution in [0.1, 0.15) is 52.9 Å². The molecule has 1 amide bonds. The van der Waals surface area contributed by atoms with Gasteiger partial charge >= 0.3 is 0 Å². The fourth-order valence-corrected chi connectivity index (χ4v) is 4.14. The maximum absolute atomic E-state index is 13.0. The van der Waals surface area contributed by atoms with Gasteiger partial charge < -0.3 is 14.4 Å². The van der Waals surface area contributed by atoms with E-state index in [2.05, 4.69) is 6.92 Å². The van der Waals surface area contributed by atoms with Gasteiger partial charge in [-0.3, -0.25) is 9.59 Å². The summed E-state index contributed by atoms with van der Waals surface area (Å²) in [6.45, 7) is 7.78. The maximum Gasteiger partial charge on any atom is 0.236 e. The monoisotopic (exact) mass is 309 g/mol. The van der Waals surface area contributed by atoms with E-state index in [0.717, 1.165) is 25.7 Å². The van der Waals surface area contributed by atoms with Gasteiger partial charge in [0.05, 0.1) is 17.8 Å². The Balaban J connectivity index is 1.76. The highest BCUT2D eigenvalue weighted by molar-refractivity contribution is 6.08. The van der Waals surface area contributed by atoms with Gasteiger partial charge in [0.2, 0.25) is 5.91 Å². The molecular weight excluding hydrogens is 282 g/mol. The molecule has 3 fully saturated rings. The van der Waals surface area contributed by atoms with E-state index in [0.29, 0.717) is 26.1 Å². The SMILES string of the molecule is CCC(=O)C1(C(=O)N2CC(C)OC3(CCOC(C)C3)C2)CC1. The van der Waals surface area contributed by atoms with Crippen LogP contribution in [-0.4, -0.2) is 54.1 Å². The van der Waals surface area contributed by atoms with E-state index in [1.54, 1.807) is 0 Å². The van der Waals surface area contributed by atoms with Crippen LogP contribution in [0.3, 0.4) is 0 Å². The summed E-state index contributed by atoms with van der Waals surface area (Å²) in [5.41, 5.74) is -1.000. The first-order valence-corrected chi connectivity index (χ1v) is 8.53. The van der Waals surface area contributed by atoms with E-state index in [1.807, 2.05) is 18.7 Å². The molecule has 0 bridgehead atoms. The van der Waals surface area contributed by atoms with Crippen molar-refractivity contribution in [2.24, 2.45) is 5.41 Å². The lowest BCUT2D eigenvalue weighted by atomic mass is 9.87. The van der Waals surface area contributed by atoms with Crippen LogP contribution in [-0.2, 0) is 19.1 Å². The highest BCUT2D eigenvalue weighted by Gasteiger charge is 2.58. The number of ether oxygens (including phenoxy) is 2. The molecule has 0 aromatic carbocycles. The predicted molar refractivity (Wildman–Crippen MR) is 81.5 cm³/mol. The van der Waals surface area contributed by atoms with Crippen molar-refractivity contribution in [1.82, 2.24) is 4.90 Å². The second-order valence-corrected chi connectivity index (χ2v) is 7.29. The summed E-state index contributed by atoms with van der Waals surface area (Å²) in [6.07, 6.45) is 3.68. The van der Waals surface area contributed by atoms with Gasteiger partial charge in [0.1, 0.15) is 11.2 Å². The summed E-state index contributed by atoms with van der Waals surface area (Å²) in [6, 6.07) is 0. The van der Waals surface area contributed by atoms with Crippen molar-refractivity contribution >= 4 is 11.7 Å². The minimum absolute atomic E-state index is 0.00975. The summed E-state index contributed by atoms with van der Waals surface area (Å²) in [5.74, 6) is 0.138. The molecule has 22 heavy (non-hydrogen) atoms. The Bertz CT molecular complexity index is 469. The van der Waals surface area contributed by atoms with Gasteiger partial charge in [0.25, 0.3) is 0 Å². The number of rotatable bonds is 3. The molecule has 5 nitrogen and oxygen atoms in total. The second-order valence-electron chi connectivity index (χ2n) is 7.29. The minimum atomic E-state index is -0.705. The van der Waals surface area contributed by atoms with Crippen molar-refractivity contribution in [2.75, 3.05) is 19.7 Å². The largest absolute Gasteiger partial charge is 0.378 e. The lowest BCUT2D eigenvalue weighted by Gasteiger charge is -2.49. The van der Waals surface area contributed by atoms with Crippen LogP contribution < -0.4 is 0 Å².